The van der Waals surface area contributed by atoms with Gasteiger partial charge in [0, 0.05) is 19.5 Å². The van der Waals surface area contributed by atoms with Crippen molar-refractivity contribution in [3.63, 3.8) is 0 Å². The van der Waals surface area contributed by atoms with E-state index in [1.54, 1.807) is 0 Å². The highest BCUT2D eigenvalue weighted by atomic mass is 16.5. The molecule has 6 nitrogen and oxygen atoms in total. The minimum absolute atomic E-state index is 0.0218. The lowest BCUT2D eigenvalue weighted by atomic mass is 10.1. The van der Waals surface area contributed by atoms with E-state index in [4.69, 9.17) is 4.52 Å². The van der Waals surface area contributed by atoms with Crippen LogP contribution in [0.5, 0.6) is 0 Å². The zero-order valence-corrected chi connectivity index (χ0v) is 14.1. The van der Waals surface area contributed by atoms with Gasteiger partial charge in [-0.15, -0.1) is 0 Å². The number of likely N-dealkylation sites (tertiary alicyclic amines) is 1. The molecule has 24 heavy (non-hydrogen) atoms. The van der Waals surface area contributed by atoms with E-state index in [1.165, 1.54) is 37.9 Å². The van der Waals surface area contributed by atoms with Crippen LogP contribution >= 0.6 is 0 Å². The SMILES string of the molecule is CCc1noc(C(=O)NCc2ccc(CN3CCCCC3)cc2)n1. The number of nitrogens with one attached hydrogen (secondary N) is 1. The molecule has 6 heteroatoms. The van der Waals surface area contributed by atoms with E-state index in [-0.39, 0.29) is 11.8 Å². The standard InChI is InChI=1S/C18H24N4O2/c1-2-16-20-18(24-21-16)17(23)19-12-14-6-8-15(9-7-14)13-22-10-4-3-5-11-22/h6-9H,2-5,10-13H2,1H3,(H,19,23). The fourth-order valence-corrected chi connectivity index (χ4v) is 2.89. The van der Waals surface area contributed by atoms with Crippen molar-refractivity contribution in [2.75, 3.05) is 13.1 Å². The Bertz CT molecular complexity index is 660. The number of benzene rings is 1. The number of nitrogens with zero attached hydrogens (tertiary/aromatic N) is 3. The summed E-state index contributed by atoms with van der Waals surface area (Å²) in [5, 5.41) is 6.53. The van der Waals surface area contributed by atoms with Gasteiger partial charge in [-0.05, 0) is 37.1 Å². The predicted molar refractivity (Wildman–Crippen MR) is 90.4 cm³/mol. The first-order valence-corrected chi connectivity index (χ1v) is 8.65. The molecular weight excluding hydrogens is 304 g/mol. The predicted octanol–water partition coefficient (Wildman–Crippen LogP) is 2.55. The third-order valence-electron chi connectivity index (χ3n) is 4.31. The van der Waals surface area contributed by atoms with Crippen LogP contribution in [0.1, 0.15) is 53.8 Å². The topological polar surface area (TPSA) is 71.3 Å². The summed E-state index contributed by atoms with van der Waals surface area (Å²) < 4.78 is 4.93. The van der Waals surface area contributed by atoms with Crippen molar-refractivity contribution in [3.8, 4) is 0 Å². The second-order valence-electron chi connectivity index (χ2n) is 6.21. The van der Waals surface area contributed by atoms with Gasteiger partial charge in [0.2, 0.25) is 0 Å². The van der Waals surface area contributed by atoms with E-state index < -0.39 is 0 Å². The Hall–Kier alpha value is -2.21. The van der Waals surface area contributed by atoms with Crippen molar-refractivity contribution < 1.29 is 9.32 Å². The maximum absolute atomic E-state index is 12.0. The molecule has 0 unspecified atom stereocenters. The average Bonchev–Trinajstić information content (AvgIpc) is 3.11. The minimum atomic E-state index is -0.334. The number of rotatable bonds is 6. The van der Waals surface area contributed by atoms with E-state index in [9.17, 15) is 4.79 Å². The average molecular weight is 328 g/mol. The third kappa shape index (κ3) is 4.41. The highest BCUT2D eigenvalue weighted by molar-refractivity contribution is 5.89. The summed E-state index contributed by atoms with van der Waals surface area (Å²) in [6.07, 6.45) is 4.61. The van der Waals surface area contributed by atoms with Crippen LogP contribution in [0.15, 0.2) is 28.8 Å². The first-order valence-electron chi connectivity index (χ1n) is 8.65. The van der Waals surface area contributed by atoms with E-state index in [1.807, 2.05) is 6.92 Å². The van der Waals surface area contributed by atoms with Crippen LogP contribution in [0.25, 0.3) is 0 Å². The molecule has 0 bridgehead atoms. The van der Waals surface area contributed by atoms with Crippen LogP contribution in [0.2, 0.25) is 0 Å². The number of aromatic nitrogens is 2. The normalized spacial score (nSPS) is 15.4. The van der Waals surface area contributed by atoms with E-state index in [0.29, 0.717) is 18.8 Å². The van der Waals surface area contributed by atoms with Gasteiger partial charge in [-0.2, -0.15) is 4.98 Å². The molecule has 0 radical (unpaired) electrons. The Morgan fingerprint density at radius 3 is 2.54 bits per heavy atom. The molecule has 1 aliphatic rings. The summed E-state index contributed by atoms with van der Waals surface area (Å²) in [6.45, 7) is 5.77. The first-order chi connectivity index (χ1) is 11.7. The largest absolute Gasteiger partial charge is 0.344 e. The molecule has 1 aromatic carbocycles. The van der Waals surface area contributed by atoms with Crippen molar-refractivity contribution in [1.82, 2.24) is 20.4 Å². The van der Waals surface area contributed by atoms with E-state index in [2.05, 4.69) is 44.6 Å². The van der Waals surface area contributed by atoms with Gasteiger partial charge < -0.3 is 9.84 Å². The molecule has 2 aromatic rings. The molecule has 128 valence electrons. The summed E-state index contributed by atoms with van der Waals surface area (Å²) in [7, 11) is 0. The molecule has 1 amide bonds. The quantitative estimate of drug-likeness (QED) is 0.882. The first kappa shape index (κ1) is 16.6. The zero-order valence-electron chi connectivity index (χ0n) is 14.1. The van der Waals surface area contributed by atoms with Crippen LogP contribution in [0, 0.1) is 0 Å². The lowest BCUT2D eigenvalue weighted by Crippen LogP contribution is -2.29. The summed E-state index contributed by atoms with van der Waals surface area (Å²) in [6, 6.07) is 8.39. The van der Waals surface area contributed by atoms with Crippen LogP contribution in [0.3, 0.4) is 0 Å². The van der Waals surface area contributed by atoms with E-state index >= 15 is 0 Å². The van der Waals surface area contributed by atoms with Crippen LogP contribution in [-0.2, 0) is 19.5 Å². The summed E-state index contributed by atoms with van der Waals surface area (Å²) in [5.41, 5.74) is 2.37. The van der Waals surface area contributed by atoms with Gasteiger partial charge in [0.05, 0.1) is 0 Å². The Labute approximate surface area is 142 Å². The highest BCUT2D eigenvalue weighted by Crippen LogP contribution is 2.13. The van der Waals surface area contributed by atoms with Gasteiger partial charge in [0.25, 0.3) is 0 Å². The third-order valence-corrected chi connectivity index (χ3v) is 4.31. The molecule has 1 saturated heterocycles. The van der Waals surface area contributed by atoms with Gasteiger partial charge in [-0.3, -0.25) is 9.69 Å². The number of carbonyl (C=O) groups is 1. The molecule has 1 aliphatic heterocycles. The Morgan fingerprint density at radius 1 is 1.17 bits per heavy atom. The van der Waals surface area contributed by atoms with Gasteiger partial charge in [0.1, 0.15) is 0 Å². The van der Waals surface area contributed by atoms with Crippen molar-refractivity contribution >= 4 is 5.91 Å². The molecule has 0 atom stereocenters. The number of carbonyl (C=O) groups excluding carboxylic acids is 1. The lowest BCUT2D eigenvalue weighted by molar-refractivity contribution is 0.0907. The fraction of sp³-hybridized carbons (Fsp3) is 0.500. The highest BCUT2D eigenvalue weighted by Gasteiger charge is 2.14. The van der Waals surface area contributed by atoms with Gasteiger partial charge >= 0.3 is 11.8 Å². The molecule has 0 spiro atoms. The smallest absolute Gasteiger partial charge is 0.315 e. The Morgan fingerprint density at radius 2 is 1.88 bits per heavy atom. The second kappa shape index (κ2) is 8.06. The van der Waals surface area contributed by atoms with Crippen molar-refractivity contribution in [3.05, 3.63) is 47.1 Å². The number of amides is 1. The van der Waals surface area contributed by atoms with Gasteiger partial charge in [-0.1, -0.05) is 42.8 Å². The zero-order chi connectivity index (χ0) is 16.8. The molecule has 3 rings (SSSR count). The maximum Gasteiger partial charge on any atom is 0.315 e. The molecular formula is C18H24N4O2. The second-order valence-corrected chi connectivity index (χ2v) is 6.21. The molecule has 0 saturated carbocycles. The number of hydrogen-bond acceptors (Lipinski definition) is 5. The molecule has 1 N–H and O–H groups in total. The maximum atomic E-state index is 12.0. The van der Waals surface area contributed by atoms with Gasteiger partial charge in [0.15, 0.2) is 5.82 Å². The monoisotopic (exact) mass is 328 g/mol. The molecule has 1 fully saturated rings. The molecule has 1 aromatic heterocycles. The lowest BCUT2D eigenvalue weighted by Gasteiger charge is -2.26. The Kier molecular flexibility index (Phi) is 5.59. The number of hydrogen-bond donors (Lipinski definition) is 1. The van der Waals surface area contributed by atoms with Crippen molar-refractivity contribution in [2.45, 2.75) is 45.7 Å². The molecule has 2 heterocycles. The minimum Gasteiger partial charge on any atom is -0.344 e. The molecule has 0 aliphatic carbocycles. The number of aryl methyl sites for hydroxylation is 1. The summed E-state index contributed by atoms with van der Waals surface area (Å²) in [5.74, 6) is 0.232. The van der Waals surface area contributed by atoms with Crippen LogP contribution in [-0.4, -0.2) is 34.0 Å². The van der Waals surface area contributed by atoms with E-state index in [0.717, 1.165) is 12.1 Å². The fourth-order valence-electron chi connectivity index (χ4n) is 2.89. The van der Waals surface area contributed by atoms with Crippen LogP contribution in [0.4, 0.5) is 0 Å². The van der Waals surface area contributed by atoms with Crippen molar-refractivity contribution in [2.24, 2.45) is 0 Å². The Balaban J connectivity index is 1.49. The van der Waals surface area contributed by atoms with Crippen molar-refractivity contribution in [1.29, 1.82) is 0 Å². The van der Waals surface area contributed by atoms with Crippen LogP contribution < -0.4 is 5.32 Å². The van der Waals surface area contributed by atoms with Gasteiger partial charge in [-0.25, -0.2) is 0 Å². The summed E-state index contributed by atoms with van der Waals surface area (Å²) in [4.78, 5) is 18.5. The number of piperidine rings is 1. The summed E-state index contributed by atoms with van der Waals surface area (Å²) >= 11 is 0.